The fourth-order valence-electron chi connectivity index (χ4n) is 3.29. The molecule has 0 saturated heterocycles. The molecule has 36 heavy (non-hydrogen) atoms. The van der Waals surface area contributed by atoms with E-state index in [1.165, 1.54) is 7.11 Å². The molecule has 1 aromatic rings. The number of ether oxygens (including phenoxy) is 4. The topological polar surface area (TPSA) is 85.5 Å². The lowest BCUT2D eigenvalue weighted by atomic mass is 9.79. The maximum atomic E-state index is 12.5. The minimum absolute atomic E-state index is 0. The smallest absolute Gasteiger partial charge is 0.493 e. The third-order valence-corrected chi connectivity index (χ3v) is 4.92. The Morgan fingerprint density at radius 2 is 1.56 bits per heavy atom. The number of esters is 1. The molecule has 0 spiro atoms. The fraction of sp³-hybridized carbons (Fsp3) is 0.667. The third kappa shape index (κ3) is 12.5. The summed E-state index contributed by atoms with van der Waals surface area (Å²) in [4.78, 5) is 11.0. The van der Waals surface area contributed by atoms with Crippen molar-refractivity contribution in [3.8, 4) is 11.5 Å². The molecule has 2 rings (SSSR count). The maximum Gasteiger partial charge on any atom is 0.522 e. The van der Waals surface area contributed by atoms with Crippen LogP contribution in [0.5, 0.6) is 11.5 Å². The van der Waals surface area contributed by atoms with Crippen LogP contribution in [0.1, 0.15) is 32.3 Å². The summed E-state index contributed by atoms with van der Waals surface area (Å²) in [6, 6.07) is 5.32. The van der Waals surface area contributed by atoms with Crippen molar-refractivity contribution in [3.63, 3.8) is 0 Å². The van der Waals surface area contributed by atoms with E-state index in [0.29, 0.717) is 11.5 Å². The molecule has 15 heteroatoms. The number of hydrogen-bond acceptors (Lipinski definition) is 5. The average Bonchev–Trinajstić information content (AvgIpc) is 2.71. The monoisotopic (exact) mass is 550 g/mol. The number of rotatable bonds is 6. The Labute approximate surface area is 202 Å². The number of methoxy groups -OCH3 is 3. The number of carbonyl (C=O) groups is 1. The molecule has 0 aliphatic heterocycles. The highest BCUT2D eigenvalue weighted by Gasteiger charge is 2.52. The van der Waals surface area contributed by atoms with Crippen LogP contribution < -0.4 is 9.47 Å². The SMILES string of the molecule is C.COC(=O)Cc1ccc(OC)c(OC)c1.F.FC(F)C1CCC(C(F)(F)F)C(OC(F)(F)F)C1.O. The second-order valence-electron chi connectivity index (χ2n) is 7.10. The molecular formula is C21H31F9O6. The van der Waals surface area contributed by atoms with Gasteiger partial charge in [-0.2, -0.15) is 13.2 Å². The fourth-order valence-corrected chi connectivity index (χ4v) is 3.29. The normalized spacial score (nSPS) is 19.4. The largest absolute Gasteiger partial charge is 0.522 e. The van der Waals surface area contributed by atoms with Crippen molar-refractivity contribution in [2.24, 2.45) is 11.8 Å². The lowest BCUT2D eigenvalue weighted by Crippen LogP contribution is -2.44. The quantitative estimate of drug-likeness (QED) is 0.344. The van der Waals surface area contributed by atoms with E-state index in [0.717, 1.165) is 5.56 Å². The molecule has 214 valence electrons. The summed E-state index contributed by atoms with van der Waals surface area (Å²) < 4.78 is 116. The zero-order valence-corrected chi connectivity index (χ0v) is 18.8. The maximum absolute atomic E-state index is 12.5. The van der Waals surface area contributed by atoms with E-state index in [9.17, 15) is 39.9 Å². The molecule has 1 fully saturated rings. The molecule has 0 heterocycles. The van der Waals surface area contributed by atoms with Crippen molar-refractivity contribution >= 4 is 5.97 Å². The van der Waals surface area contributed by atoms with E-state index in [-0.39, 0.29) is 30.0 Å². The van der Waals surface area contributed by atoms with Gasteiger partial charge in [-0.1, -0.05) is 13.5 Å². The average molecular weight is 550 g/mol. The number of hydrogen-bond donors (Lipinski definition) is 0. The molecule has 0 radical (unpaired) electrons. The number of alkyl halides is 8. The van der Waals surface area contributed by atoms with Crippen molar-refractivity contribution in [1.29, 1.82) is 0 Å². The van der Waals surface area contributed by atoms with Gasteiger partial charge in [0, 0.05) is 5.92 Å². The predicted octanol–water partition coefficient (Wildman–Crippen LogP) is 5.52. The minimum atomic E-state index is -5.27. The van der Waals surface area contributed by atoms with Crippen LogP contribution in [-0.4, -0.2) is 57.8 Å². The molecule has 3 unspecified atom stereocenters. The van der Waals surface area contributed by atoms with E-state index in [2.05, 4.69) is 9.47 Å². The van der Waals surface area contributed by atoms with Crippen LogP contribution in [0.3, 0.4) is 0 Å². The first kappa shape index (κ1) is 38.1. The Balaban J connectivity index is -0.000000566. The summed E-state index contributed by atoms with van der Waals surface area (Å²) in [6.07, 6.45) is -17.3. The van der Waals surface area contributed by atoms with Gasteiger partial charge >= 0.3 is 18.5 Å². The van der Waals surface area contributed by atoms with Crippen LogP contribution in [0, 0.1) is 11.8 Å². The first-order chi connectivity index (χ1) is 15.2. The lowest BCUT2D eigenvalue weighted by molar-refractivity contribution is -0.366. The molecule has 3 atom stereocenters. The summed E-state index contributed by atoms with van der Waals surface area (Å²) in [5.74, 6) is -2.86. The van der Waals surface area contributed by atoms with E-state index in [4.69, 9.17) is 9.47 Å². The Bertz CT molecular complexity index is 756. The Morgan fingerprint density at radius 3 is 1.97 bits per heavy atom. The predicted molar refractivity (Wildman–Crippen MR) is 112 cm³/mol. The zero-order valence-electron chi connectivity index (χ0n) is 18.8. The molecule has 1 saturated carbocycles. The molecule has 0 amide bonds. The number of carbonyl (C=O) groups excluding carboxylic acids is 1. The summed E-state index contributed by atoms with van der Waals surface area (Å²) in [6.45, 7) is 0. The molecule has 1 aliphatic rings. The van der Waals surface area contributed by atoms with Crippen LogP contribution in [0.2, 0.25) is 0 Å². The molecule has 0 bridgehead atoms. The molecule has 1 aliphatic carbocycles. The molecule has 6 nitrogen and oxygen atoms in total. The Hall–Kier alpha value is -2.42. The van der Waals surface area contributed by atoms with Gasteiger partial charge in [0.25, 0.3) is 0 Å². The number of benzene rings is 1. The standard InChI is InChI=1S/C11H14O4.C9H10F8O.CH4.FH.H2O/c1-13-9-5-4-8(6-10(9)14-2)7-11(12)15-3;10-7(11)4-1-2-5(8(12,13)14)6(3-4)18-9(15,16)17;;;/h4-6H,7H2,1-3H3;4-7H,1-3H2;1H4;1H;1H2. The van der Waals surface area contributed by atoms with E-state index >= 15 is 0 Å². The third-order valence-electron chi connectivity index (χ3n) is 4.92. The molecular weight excluding hydrogens is 519 g/mol. The van der Waals surface area contributed by atoms with Crippen molar-refractivity contribution in [3.05, 3.63) is 23.8 Å². The first-order valence-electron chi connectivity index (χ1n) is 9.58. The van der Waals surface area contributed by atoms with Gasteiger partial charge in [-0.3, -0.25) is 14.2 Å². The lowest BCUT2D eigenvalue weighted by Gasteiger charge is -2.36. The van der Waals surface area contributed by atoms with Gasteiger partial charge in [-0.15, -0.1) is 13.2 Å². The van der Waals surface area contributed by atoms with Crippen LogP contribution in [-0.2, 0) is 20.7 Å². The van der Waals surface area contributed by atoms with Crippen LogP contribution in [0.15, 0.2) is 18.2 Å². The van der Waals surface area contributed by atoms with Crippen LogP contribution in [0.4, 0.5) is 39.8 Å². The van der Waals surface area contributed by atoms with Crippen molar-refractivity contribution in [1.82, 2.24) is 0 Å². The van der Waals surface area contributed by atoms with Gasteiger partial charge in [-0.25, -0.2) is 8.78 Å². The van der Waals surface area contributed by atoms with Gasteiger partial charge in [0.05, 0.1) is 39.8 Å². The highest BCUT2D eigenvalue weighted by molar-refractivity contribution is 5.72. The van der Waals surface area contributed by atoms with Gasteiger partial charge in [0.15, 0.2) is 11.5 Å². The summed E-state index contributed by atoms with van der Waals surface area (Å²) in [5.41, 5.74) is 0.833. The van der Waals surface area contributed by atoms with E-state index < -0.39 is 56.2 Å². The van der Waals surface area contributed by atoms with Gasteiger partial charge < -0.3 is 19.7 Å². The van der Waals surface area contributed by atoms with Crippen LogP contribution >= 0.6 is 0 Å². The zero-order chi connectivity index (χ0) is 25.4. The molecule has 1 aromatic carbocycles. The van der Waals surface area contributed by atoms with Gasteiger partial charge in [0.2, 0.25) is 6.43 Å². The minimum Gasteiger partial charge on any atom is -0.493 e. The van der Waals surface area contributed by atoms with E-state index in [1.807, 2.05) is 0 Å². The molecule has 2 N–H and O–H groups in total. The van der Waals surface area contributed by atoms with Crippen molar-refractivity contribution in [2.75, 3.05) is 21.3 Å². The highest BCUT2D eigenvalue weighted by Crippen LogP contribution is 2.44. The highest BCUT2D eigenvalue weighted by atomic mass is 19.4. The Morgan fingerprint density at radius 1 is 1.00 bits per heavy atom. The van der Waals surface area contributed by atoms with Gasteiger partial charge in [-0.05, 0) is 37.0 Å². The number of halogens is 9. The van der Waals surface area contributed by atoms with E-state index in [1.54, 1.807) is 32.4 Å². The van der Waals surface area contributed by atoms with Crippen molar-refractivity contribution < 1.29 is 69.0 Å². The molecule has 0 aromatic heterocycles. The first-order valence-corrected chi connectivity index (χ1v) is 9.58. The summed E-state index contributed by atoms with van der Waals surface area (Å²) in [7, 11) is 4.49. The second kappa shape index (κ2) is 16.3. The second-order valence-corrected chi connectivity index (χ2v) is 7.10. The van der Waals surface area contributed by atoms with Crippen molar-refractivity contribution in [2.45, 2.75) is 58.2 Å². The summed E-state index contributed by atoms with van der Waals surface area (Å²) >= 11 is 0. The van der Waals surface area contributed by atoms with Crippen LogP contribution in [0.25, 0.3) is 0 Å². The van der Waals surface area contributed by atoms with Gasteiger partial charge in [0.1, 0.15) is 0 Å². The Kier molecular flexibility index (Phi) is 17.3. The summed E-state index contributed by atoms with van der Waals surface area (Å²) in [5, 5.41) is 0.